The van der Waals surface area contributed by atoms with E-state index in [4.69, 9.17) is 0 Å². The molecule has 0 fully saturated rings. The summed E-state index contributed by atoms with van der Waals surface area (Å²) in [6.07, 6.45) is 3.13. The first-order valence-electron chi connectivity index (χ1n) is 5.09. The Morgan fingerprint density at radius 2 is 2.07 bits per heavy atom. The van der Waals surface area contributed by atoms with Crippen molar-refractivity contribution in [3.63, 3.8) is 0 Å². The third-order valence-corrected chi connectivity index (χ3v) is 2.75. The summed E-state index contributed by atoms with van der Waals surface area (Å²) >= 11 is 0. The van der Waals surface area contributed by atoms with Gasteiger partial charge in [0.15, 0.2) is 0 Å². The fourth-order valence-electron chi connectivity index (χ4n) is 2.11. The maximum absolute atomic E-state index is 10.9. The standard InChI is InChI=1S/C12H15NO/c1-9(14)13-12-7-6-10-4-2-3-5-11(10)8-12/h2-5,12H,6-8H2,1H3,(H,13,14)/t12-/m1/s1. The van der Waals surface area contributed by atoms with E-state index >= 15 is 0 Å². The summed E-state index contributed by atoms with van der Waals surface area (Å²) in [6, 6.07) is 8.82. The summed E-state index contributed by atoms with van der Waals surface area (Å²) in [7, 11) is 0. The van der Waals surface area contributed by atoms with Gasteiger partial charge in [-0.3, -0.25) is 4.79 Å². The SMILES string of the molecule is CC(=O)N[C@@H]1CCc2ccccc2C1. The van der Waals surface area contributed by atoms with Gasteiger partial charge in [-0.2, -0.15) is 0 Å². The number of rotatable bonds is 1. The number of benzene rings is 1. The van der Waals surface area contributed by atoms with E-state index in [0.717, 1.165) is 19.3 Å². The molecule has 1 aromatic carbocycles. The maximum Gasteiger partial charge on any atom is 0.217 e. The molecule has 0 unspecified atom stereocenters. The summed E-state index contributed by atoms with van der Waals surface area (Å²) in [5.41, 5.74) is 2.83. The van der Waals surface area contributed by atoms with Crippen LogP contribution in [0.4, 0.5) is 0 Å². The predicted octanol–water partition coefficient (Wildman–Crippen LogP) is 1.68. The minimum absolute atomic E-state index is 0.0781. The molecule has 0 spiro atoms. The van der Waals surface area contributed by atoms with Crippen molar-refractivity contribution in [2.45, 2.75) is 32.2 Å². The zero-order valence-electron chi connectivity index (χ0n) is 8.42. The predicted molar refractivity (Wildman–Crippen MR) is 56.1 cm³/mol. The number of carbonyl (C=O) groups is 1. The lowest BCUT2D eigenvalue weighted by Crippen LogP contribution is -2.37. The summed E-state index contributed by atoms with van der Waals surface area (Å²) in [4.78, 5) is 10.9. The Labute approximate surface area is 84.3 Å². The first-order chi connectivity index (χ1) is 6.75. The van der Waals surface area contributed by atoms with E-state index in [-0.39, 0.29) is 5.91 Å². The van der Waals surface area contributed by atoms with Crippen molar-refractivity contribution >= 4 is 5.91 Å². The highest BCUT2D eigenvalue weighted by molar-refractivity contribution is 5.73. The normalized spacial score (nSPS) is 19.9. The molecule has 1 atom stereocenters. The molecule has 2 heteroatoms. The van der Waals surface area contributed by atoms with Gasteiger partial charge >= 0.3 is 0 Å². The quantitative estimate of drug-likeness (QED) is 0.715. The molecule has 1 amide bonds. The average Bonchev–Trinajstić information content (AvgIpc) is 2.17. The van der Waals surface area contributed by atoms with E-state index in [1.165, 1.54) is 11.1 Å². The summed E-state index contributed by atoms with van der Waals surface area (Å²) in [5, 5.41) is 2.98. The van der Waals surface area contributed by atoms with Crippen LogP contribution in [-0.2, 0) is 17.6 Å². The zero-order valence-corrected chi connectivity index (χ0v) is 8.42. The molecule has 1 N–H and O–H groups in total. The highest BCUT2D eigenvalue weighted by Crippen LogP contribution is 2.20. The largest absolute Gasteiger partial charge is 0.353 e. The topological polar surface area (TPSA) is 29.1 Å². The first-order valence-corrected chi connectivity index (χ1v) is 5.09. The Kier molecular flexibility index (Phi) is 2.53. The van der Waals surface area contributed by atoms with Crippen LogP contribution >= 0.6 is 0 Å². The van der Waals surface area contributed by atoms with Crippen molar-refractivity contribution in [3.8, 4) is 0 Å². The van der Waals surface area contributed by atoms with E-state index in [9.17, 15) is 4.79 Å². The molecule has 1 aromatic rings. The monoisotopic (exact) mass is 189 g/mol. The van der Waals surface area contributed by atoms with Crippen LogP contribution in [0.25, 0.3) is 0 Å². The lowest BCUT2D eigenvalue weighted by Gasteiger charge is -2.24. The number of nitrogens with one attached hydrogen (secondary N) is 1. The Morgan fingerprint density at radius 3 is 2.79 bits per heavy atom. The van der Waals surface area contributed by atoms with Crippen LogP contribution in [-0.4, -0.2) is 11.9 Å². The second-order valence-electron chi connectivity index (χ2n) is 3.91. The van der Waals surface area contributed by atoms with Crippen LogP contribution in [0.1, 0.15) is 24.5 Å². The van der Waals surface area contributed by atoms with Crippen LogP contribution in [0.15, 0.2) is 24.3 Å². The van der Waals surface area contributed by atoms with Crippen LogP contribution in [0, 0.1) is 0 Å². The van der Waals surface area contributed by atoms with Crippen molar-refractivity contribution in [1.29, 1.82) is 0 Å². The van der Waals surface area contributed by atoms with Crippen molar-refractivity contribution in [3.05, 3.63) is 35.4 Å². The summed E-state index contributed by atoms with van der Waals surface area (Å²) in [6.45, 7) is 1.58. The van der Waals surface area contributed by atoms with Crippen molar-refractivity contribution in [2.24, 2.45) is 0 Å². The average molecular weight is 189 g/mol. The van der Waals surface area contributed by atoms with E-state index in [0.29, 0.717) is 6.04 Å². The number of hydrogen-bond donors (Lipinski definition) is 1. The van der Waals surface area contributed by atoms with E-state index in [2.05, 4.69) is 29.6 Å². The fraction of sp³-hybridized carbons (Fsp3) is 0.417. The third-order valence-electron chi connectivity index (χ3n) is 2.75. The Hall–Kier alpha value is -1.31. The van der Waals surface area contributed by atoms with Crippen LogP contribution in [0.3, 0.4) is 0 Å². The summed E-state index contributed by atoms with van der Waals surface area (Å²) in [5.74, 6) is 0.0781. The lowest BCUT2D eigenvalue weighted by atomic mass is 9.88. The Balaban J connectivity index is 2.09. The van der Waals surface area contributed by atoms with Gasteiger partial charge in [-0.25, -0.2) is 0 Å². The van der Waals surface area contributed by atoms with Gasteiger partial charge in [0.05, 0.1) is 0 Å². The molecule has 0 saturated heterocycles. The molecule has 1 aliphatic carbocycles. The number of carbonyl (C=O) groups excluding carboxylic acids is 1. The molecule has 0 aromatic heterocycles. The van der Waals surface area contributed by atoms with Crippen LogP contribution in [0.2, 0.25) is 0 Å². The molecule has 0 radical (unpaired) electrons. The number of aryl methyl sites for hydroxylation is 1. The van der Waals surface area contributed by atoms with Gasteiger partial charge in [-0.15, -0.1) is 0 Å². The van der Waals surface area contributed by atoms with Crippen molar-refractivity contribution in [2.75, 3.05) is 0 Å². The molecule has 74 valence electrons. The molecule has 0 aliphatic heterocycles. The highest BCUT2D eigenvalue weighted by atomic mass is 16.1. The number of fused-ring (bicyclic) bond motifs is 1. The molecular weight excluding hydrogens is 174 g/mol. The molecule has 1 aliphatic rings. The van der Waals surface area contributed by atoms with Crippen molar-refractivity contribution < 1.29 is 4.79 Å². The third kappa shape index (κ3) is 1.95. The fourth-order valence-corrected chi connectivity index (χ4v) is 2.11. The minimum atomic E-state index is 0.0781. The first kappa shape index (κ1) is 9.25. The van der Waals surface area contributed by atoms with Gasteiger partial charge in [-0.05, 0) is 30.4 Å². The minimum Gasteiger partial charge on any atom is -0.353 e. The smallest absolute Gasteiger partial charge is 0.217 e. The molecule has 2 rings (SSSR count). The van der Waals surface area contributed by atoms with Gasteiger partial charge in [0.25, 0.3) is 0 Å². The molecular formula is C12H15NO. The van der Waals surface area contributed by atoms with Crippen LogP contribution < -0.4 is 5.32 Å². The number of hydrogen-bond acceptors (Lipinski definition) is 1. The Morgan fingerprint density at radius 1 is 1.36 bits per heavy atom. The van der Waals surface area contributed by atoms with Gasteiger partial charge in [0.2, 0.25) is 5.91 Å². The Bertz CT molecular complexity index is 346. The molecule has 14 heavy (non-hydrogen) atoms. The van der Waals surface area contributed by atoms with E-state index in [1.807, 2.05) is 0 Å². The maximum atomic E-state index is 10.9. The van der Waals surface area contributed by atoms with Gasteiger partial charge in [-0.1, -0.05) is 24.3 Å². The second kappa shape index (κ2) is 3.82. The van der Waals surface area contributed by atoms with Crippen molar-refractivity contribution in [1.82, 2.24) is 5.32 Å². The summed E-state index contributed by atoms with van der Waals surface area (Å²) < 4.78 is 0. The lowest BCUT2D eigenvalue weighted by molar-refractivity contribution is -0.119. The molecule has 0 bridgehead atoms. The molecule has 0 heterocycles. The van der Waals surface area contributed by atoms with Gasteiger partial charge in [0, 0.05) is 13.0 Å². The zero-order chi connectivity index (χ0) is 9.97. The van der Waals surface area contributed by atoms with Gasteiger partial charge < -0.3 is 5.32 Å². The molecule has 0 saturated carbocycles. The van der Waals surface area contributed by atoms with E-state index < -0.39 is 0 Å². The van der Waals surface area contributed by atoms with Gasteiger partial charge in [0.1, 0.15) is 0 Å². The molecule has 2 nitrogen and oxygen atoms in total. The number of amides is 1. The highest BCUT2D eigenvalue weighted by Gasteiger charge is 2.18. The van der Waals surface area contributed by atoms with Crippen LogP contribution in [0.5, 0.6) is 0 Å². The van der Waals surface area contributed by atoms with E-state index in [1.54, 1.807) is 6.92 Å². The second-order valence-corrected chi connectivity index (χ2v) is 3.91.